The van der Waals surface area contributed by atoms with Gasteiger partial charge in [0.2, 0.25) is 5.91 Å². The van der Waals surface area contributed by atoms with E-state index in [9.17, 15) is 13.2 Å². The molecule has 2 N–H and O–H groups in total. The van der Waals surface area contributed by atoms with Gasteiger partial charge in [0.1, 0.15) is 10.6 Å². The molecule has 0 aliphatic heterocycles. The van der Waals surface area contributed by atoms with Gasteiger partial charge >= 0.3 is 0 Å². The first-order valence-corrected chi connectivity index (χ1v) is 12.1. The molecule has 0 aliphatic rings. The van der Waals surface area contributed by atoms with Crippen LogP contribution in [0.1, 0.15) is 0 Å². The molecule has 0 saturated heterocycles. The number of hydrogen-bond donors (Lipinski definition) is 2. The Balaban J connectivity index is 1.75. The third-order valence-electron chi connectivity index (χ3n) is 4.04. The number of para-hydroxylation sites is 1. The molecule has 0 radical (unpaired) electrons. The van der Waals surface area contributed by atoms with Crippen LogP contribution in [0, 0.1) is 0 Å². The Kier molecular flexibility index (Phi) is 7.72. The van der Waals surface area contributed by atoms with Gasteiger partial charge in [0.15, 0.2) is 0 Å². The van der Waals surface area contributed by atoms with Crippen LogP contribution in [-0.4, -0.2) is 27.2 Å². The van der Waals surface area contributed by atoms with Crippen LogP contribution in [0.25, 0.3) is 0 Å². The van der Waals surface area contributed by atoms with Crippen LogP contribution in [0.15, 0.2) is 76.5 Å². The van der Waals surface area contributed by atoms with Gasteiger partial charge in [-0.3, -0.25) is 9.52 Å². The Hall–Kier alpha value is -2.39. The number of sulfonamides is 1. The summed E-state index contributed by atoms with van der Waals surface area (Å²) in [4.78, 5) is 13.1. The van der Waals surface area contributed by atoms with Gasteiger partial charge in [0, 0.05) is 15.6 Å². The summed E-state index contributed by atoms with van der Waals surface area (Å²) < 4.78 is 33.5. The number of rotatable bonds is 8. The lowest BCUT2D eigenvalue weighted by molar-refractivity contribution is -0.113. The molecule has 3 aromatic rings. The summed E-state index contributed by atoms with van der Waals surface area (Å²) in [6.45, 7) is 0. The van der Waals surface area contributed by atoms with Crippen molar-refractivity contribution in [2.24, 2.45) is 0 Å². The quantitative estimate of drug-likeness (QED) is 0.400. The summed E-state index contributed by atoms with van der Waals surface area (Å²) in [6.07, 6.45) is 0. The lowest BCUT2D eigenvalue weighted by atomic mass is 10.3. The Bertz CT molecular complexity index is 1190. The zero-order valence-electron chi connectivity index (χ0n) is 16.3. The average molecular weight is 497 g/mol. The lowest BCUT2D eigenvalue weighted by Crippen LogP contribution is -2.17. The third kappa shape index (κ3) is 6.30. The molecule has 31 heavy (non-hydrogen) atoms. The Morgan fingerprint density at radius 2 is 1.74 bits per heavy atom. The maximum atomic E-state index is 12.9. The van der Waals surface area contributed by atoms with Crippen molar-refractivity contribution in [1.82, 2.24) is 0 Å². The molecule has 0 aliphatic carbocycles. The fourth-order valence-electron chi connectivity index (χ4n) is 2.58. The van der Waals surface area contributed by atoms with Gasteiger partial charge in [0.25, 0.3) is 10.0 Å². The SMILES string of the molecule is COc1ccc(NC(=O)CSc2ccc(Cl)cc2)cc1S(=O)(=O)Nc1ccccc1Cl. The molecule has 0 fully saturated rings. The van der Waals surface area contributed by atoms with Crippen molar-refractivity contribution < 1.29 is 17.9 Å². The molecule has 1 amide bonds. The summed E-state index contributed by atoms with van der Waals surface area (Å²) >= 11 is 13.3. The van der Waals surface area contributed by atoms with Gasteiger partial charge in [-0.05, 0) is 54.6 Å². The zero-order valence-corrected chi connectivity index (χ0v) is 19.4. The Morgan fingerprint density at radius 3 is 2.42 bits per heavy atom. The first-order chi connectivity index (χ1) is 14.8. The summed E-state index contributed by atoms with van der Waals surface area (Å²) in [5.74, 6) is -0.00576. The van der Waals surface area contributed by atoms with E-state index in [1.54, 1.807) is 42.5 Å². The number of thioether (sulfide) groups is 1. The molecule has 0 bridgehead atoms. The minimum Gasteiger partial charge on any atom is -0.495 e. The van der Waals surface area contributed by atoms with Crippen molar-refractivity contribution in [3.63, 3.8) is 0 Å². The fraction of sp³-hybridized carbons (Fsp3) is 0.0952. The number of carbonyl (C=O) groups excluding carboxylic acids is 1. The van der Waals surface area contributed by atoms with Gasteiger partial charge in [-0.1, -0.05) is 35.3 Å². The van der Waals surface area contributed by atoms with Crippen LogP contribution >= 0.6 is 35.0 Å². The molecule has 3 rings (SSSR count). The molecule has 0 atom stereocenters. The largest absolute Gasteiger partial charge is 0.495 e. The van der Waals surface area contributed by atoms with E-state index in [0.29, 0.717) is 10.7 Å². The third-order valence-corrected chi connectivity index (χ3v) is 7.02. The number of benzene rings is 3. The molecular weight excluding hydrogens is 479 g/mol. The van der Waals surface area contributed by atoms with E-state index < -0.39 is 10.0 Å². The molecule has 0 spiro atoms. The van der Waals surface area contributed by atoms with Crippen molar-refractivity contribution in [3.05, 3.63) is 76.8 Å². The Labute approximate surface area is 195 Å². The van der Waals surface area contributed by atoms with Crippen LogP contribution in [0.2, 0.25) is 10.0 Å². The average Bonchev–Trinajstić information content (AvgIpc) is 2.75. The molecule has 0 unspecified atom stereocenters. The minimum absolute atomic E-state index is 0.127. The highest BCUT2D eigenvalue weighted by atomic mass is 35.5. The minimum atomic E-state index is -4.02. The maximum absolute atomic E-state index is 12.9. The molecule has 3 aromatic carbocycles. The molecule has 6 nitrogen and oxygen atoms in total. The molecule has 0 heterocycles. The highest BCUT2D eigenvalue weighted by molar-refractivity contribution is 8.00. The molecule has 162 valence electrons. The maximum Gasteiger partial charge on any atom is 0.265 e. The van der Waals surface area contributed by atoms with Crippen LogP contribution < -0.4 is 14.8 Å². The first kappa shape index (κ1) is 23.3. The summed E-state index contributed by atoms with van der Waals surface area (Å²) in [6, 6.07) is 18.0. The van der Waals surface area contributed by atoms with E-state index in [0.717, 1.165) is 4.90 Å². The monoisotopic (exact) mass is 496 g/mol. The van der Waals surface area contributed by atoms with Gasteiger partial charge in [-0.2, -0.15) is 0 Å². The predicted molar refractivity (Wildman–Crippen MR) is 126 cm³/mol. The number of amides is 1. The second-order valence-electron chi connectivity index (χ2n) is 6.24. The van der Waals surface area contributed by atoms with E-state index in [1.165, 1.54) is 31.0 Å². The van der Waals surface area contributed by atoms with Gasteiger partial charge in [-0.15, -0.1) is 11.8 Å². The highest BCUT2D eigenvalue weighted by Crippen LogP contribution is 2.31. The van der Waals surface area contributed by atoms with E-state index in [-0.39, 0.29) is 33.0 Å². The molecule has 0 aromatic heterocycles. The van der Waals surface area contributed by atoms with Crippen LogP contribution in [0.5, 0.6) is 5.75 Å². The van der Waals surface area contributed by atoms with Crippen molar-refractivity contribution in [3.8, 4) is 5.75 Å². The number of methoxy groups -OCH3 is 1. The summed E-state index contributed by atoms with van der Waals surface area (Å²) in [5.41, 5.74) is 0.557. The van der Waals surface area contributed by atoms with E-state index >= 15 is 0 Å². The molecule has 0 saturated carbocycles. The van der Waals surface area contributed by atoms with E-state index in [2.05, 4.69) is 10.0 Å². The van der Waals surface area contributed by atoms with E-state index in [1.807, 2.05) is 12.1 Å². The second kappa shape index (κ2) is 10.3. The van der Waals surface area contributed by atoms with Crippen LogP contribution in [0.4, 0.5) is 11.4 Å². The second-order valence-corrected chi connectivity index (χ2v) is 9.78. The first-order valence-electron chi connectivity index (χ1n) is 8.92. The topological polar surface area (TPSA) is 84.5 Å². The lowest BCUT2D eigenvalue weighted by Gasteiger charge is -2.14. The number of hydrogen-bond acceptors (Lipinski definition) is 5. The molecule has 10 heteroatoms. The predicted octanol–water partition coefficient (Wildman–Crippen LogP) is 5.53. The number of nitrogens with one attached hydrogen (secondary N) is 2. The number of halogens is 2. The van der Waals surface area contributed by atoms with Crippen molar-refractivity contribution in [1.29, 1.82) is 0 Å². The summed E-state index contributed by atoms with van der Waals surface area (Å²) in [7, 11) is -2.66. The van der Waals surface area contributed by atoms with Gasteiger partial charge < -0.3 is 10.1 Å². The fourth-order valence-corrected chi connectivity index (χ4v) is 4.92. The standard InChI is InChI=1S/C21H18Cl2N2O4S2/c1-29-19-11-8-15(24-21(26)13-30-16-9-6-14(22)7-10-16)12-20(19)31(27,28)25-18-5-3-2-4-17(18)23/h2-12,25H,13H2,1H3,(H,24,26). The normalized spacial score (nSPS) is 11.1. The number of anilines is 2. The van der Waals surface area contributed by atoms with Crippen molar-refractivity contribution in [2.45, 2.75) is 9.79 Å². The number of carbonyl (C=O) groups is 1. The van der Waals surface area contributed by atoms with Crippen LogP contribution in [-0.2, 0) is 14.8 Å². The van der Waals surface area contributed by atoms with Crippen molar-refractivity contribution >= 4 is 62.3 Å². The van der Waals surface area contributed by atoms with Crippen LogP contribution in [0.3, 0.4) is 0 Å². The van der Waals surface area contributed by atoms with Gasteiger partial charge in [-0.25, -0.2) is 8.42 Å². The summed E-state index contributed by atoms with van der Waals surface area (Å²) in [5, 5.41) is 3.58. The van der Waals surface area contributed by atoms with Crippen molar-refractivity contribution in [2.75, 3.05) is 22.9 Å². The smallest absolute Gasteiger partial charge is 0.265 e. The number of ether oxygens (including phenoxy) is 1. The molecular formula is C21H18Cl2N2O4S2. The highest BCUT2D eigenvalue weighted by Gasteiger charge is 2.22. The Morgan fingerprint density at radius 1 is 1.03 bits per heavy atom. The zero-order chi connectivity index (χ0) is 22.4. The van der Waals surface area contributed by atoms with Gasteiger partial charge in [0.05, 0.1) is 23.6 Å². The van der Waals surface area contributed by atoms with E-state index in [4.69, 9.17) is 27.9 Å².